The van der Waals surface area contributed by atoms with Crippen molar-refractivity contribution in [1.29, 1.82) is 0 Å². The molecule has 0 unspecified atom stereocenters. The lowest BCUT2D eigenvalue weighted by Gasteiger charge is -2.35. The number of piperazine rings is 1. The Morgan fingerprint density at radius 3 is 2.27 bits per heavy atom. The quantitative estimate of drug-likeness (QED) is 0.707. The molecule has 0 bridgehead atoms. The van der Waals surface area contributed by atoms with Crippen molar-refractivity contribution in [3.05, 3.63) is 53.4 Å². The molecule has 26 heavy (non-hydrogen) atoms. The molecule has 8 heteroatoms. The molecule has 2 aromatic heterocycles. The van der Waals surface area contributed by atoms with Crippen LogP contribution in [0, 0.1) is 5.82 Å². The molecule has 6 nitrogen and oxygen atoms in total. The Morgan fingerprint density at radius 2 is 1.62 bits per heavy atom. The predicted molar refractivity (Wildman–Crippen MR) is 100 cm³/mol. The second kappa shape index (κ2) is 6.92. The van der Waals surface area contributed by atoms with E-state index in [0.717, 1.165) is 49.3 Å². The maximum atomic E-state index is 13.0. The number of aromatic nitrogens is 4. The zero-order valence-electron chi connectivity index (χ0n) is 14.3. The first-order chi connectivity index (χ1) is 12.6. The normalized spacial score (nSPS) is 14.7. The largest absolute Gasteiger partial charge is 0.353 e. The van der Waals surface area contributed by atoms with E-state index in [1.54, 1.807) is 6.07 Å². The van der Waals surface area contributed by atoms with Gasteiger partial charge in [-0.1, -0.05) is 11.6 Å². The zero-order chi connectivity index (χ0) is 18.1. The molecule has 0 radical (unpaired) electrons. The second-order valence-corrected chi connectivity index (χ2v) is 6.63. The van der Waals surface area contributed by atoms with Gasteiger partial charge in [-0.15, -0.1) is 10.2 Å². The molecular weight excluding hydrogens is 355 g/mol. The summed E-state index contributed by atoms with van der Waals surface area (Å²) < 4.78 is 15.0. The highest BCUT2D eigenvalue weighted by Gasteiger charge is 2.22. The maximum Gasteiger partial charge on any atom is 0.227 e. The first-order valence-corrected chi connectivity index (χ1v) is 8.76. The van der Waals surface area contributed by atoms with Crippen molar-refractivity contribution in [2.75, 3.05) is 36.0 Å². The molecule has 134 valence electrons. The molecule has 1 saturated heterocycles. The maximum absolute atomic E-state index is 13.0. The summed E-state index contributed by atoms with van der Waals surface area (Å²) in [6.45, 7) is 3.18. The molecule has 0 aliphatic carbocycles. The molecule has 1 aromatic carbocycles. The van der Waals surface area contributed by atoms with E-state index in [2.05, 4.69) is 25.0 Å². The molecule has 0 saturated carbocycles. The van der Waals surface area contributed by atoms with Gasteiger partial charge in [0, 0.05) is 43.8 Å². The van der Waals surface area contributed by atoms with E-state index >= 15 is 0 Å². The third kappa shape index (κ3) is 3.22. The van der Waals surface area contributed by atoms with Gasteiger partial charge in [-0.25, -0.2) is 9.37 Å². The number of pyridine rings is 1. The van der Waals surface area contributed by atoms with Crippen LogP contribution in [-0.4, -0.2) is 45.9 Å². The minimum atomic E-state index is -0.318. The van der Waals surface area contributed by atoms with Gasteiger partial charge in [-0.2, -0.15) is 0 Å². The van der Waals surface area contributed by atoms with Crippen molar-refractivity contribution in [3.63, 3.8) is 0 Å². The van der Waals surface area contributed by atoms with Crippen molar-refractivity contribution in [1.82, 2.24) is 19.7 Å². The van der Waals surface area contributed by atoms with Crippen LogP contribution in [0.15, 0.2) is 42.6 Å². The third-order valence-corrected chi connectivity index (χ3v) is 4.80. The monoisotopic (exact) mass is 372 g/mol. The zero-order valence-corrected chi connectivity index (χ0v) is 15.1. The fourth-order valence-corrected chi connectivity index (χ4v) is 3.26. The number of anilines is 2. The third-order valence-electron chi connectivity index (χ3n) is 4.55. The van der Waals surface area contributed by atoms with E-state index in [-0.39, 0.29) is 5.82 Å². The highest BCUT2D eigenvalue weighted by atomic mass is 35.5. The molecular formula is C18H18ClFN6. The lowest BCUT2D eigenvalue weighted by atomic mass is 10.2. The Hall–Kier alpha value is -2.67. The first kappa shape index (κ1) is 16.8. The molecule has 0 amide bonds. The topological polar surface area (TPSA) is 50.1 Å². The van der Waals surface area contributed by atoms with Crippen molar-refractivity contribution in [2.45, 2.75) is 0 Å². The van der Waals surface area contributed by atoms with Crippen molar-refractivity contribution >= 4 is 23.4 Å². The molecule has 1 aliphatic rings. The van der Waals surface area contributed by atoms with Gasteiger partial charge >= 0.3 is 0 Å². The highest BCUT2D eigenvalue weighted by Crippen LogP contribution is 2.24. The summed E-state index contributed by atoms with van der Waals surface area (Å²) in [6.07, 6.45) is 1.25. The van der Waals surface area contributed by atoms with Gasteiger partial charge in [0.2, 0.25) is 5.95 Å². The Morgan fingerprint density at radius 1 is 0.923 bits per heavy atom. The summed E-state index contributed by atoms with van der Waals surface area (Å²) >= 11 is 5.96. The average molecular weight is 373 g/mol. The Balaban J connectivity index is 1.48. The van der Waals surface area contributed by atoms with E-state index in [1.807, 2.05) is 35.9 Å². The van der Waals surface area contributed by atoms with Gasteiger partial charge in [-0.05, 0) is 36.4 Å². The fourth-order valence-electron chi connectivity index (χ4n) is 3.14. The van der Waals surface area contributed by atoms with Gasteiger partial charge in [0.15, 0.2) is 5.82 Å². The van der Waals surface area contributed by atoms with E-state index in [1.165, 1.54) is 12.3 Å². The Kier molecular flexibility index (Phi) is 4.46. The number of hydrogen-bond donors (Lipinski definition) is 0. The van der Waals surface area contributed by atoms with Crippen LogP contribution in [0.1, 0.15) is 0 Å². The van der Waals surface area contributed by atoms with Crippen molar-refractivity contribution in [2.24, 2.45) is 7.05 Å². The van der Waals surface area contributed by atoms with E-state index in [9.17, 15) is 4.39 Å². The average Bonchev–Trinajstić information content (AvgIpc) is 3.05. The van der Waals surface area contributed by atoms with Crippen LogP contribution in [0.5, 0.6) is 0 Å². The van der Waals surface area contributed by atoms with Gasteiger partial charge in [0.05, 0.1) is 6.20 Å². The second-order valence-electron chi connectivity index (χ2n) is 6.20. The smallest absolute Gasteiger partial charge is 0.227 e. The van der Waals surface area contributed by atoms with Gasteiger partial charge in [-0.3, -0.25) is 4.57 Å². The molecule has 3 heterocycles. The van der Waals surface area contributed by atoms with Gasteiger partial charge in [0.25, 0.3) is 0 Å². The molecule has 1 fully saturated rings. The van der Waals surface area contributed by atoms with Crippen LogP contribution >= 0.6 is 11.6 Å². The molecule has 4 rings (SSSR count). The highest BCUT2D eigenvalue weighted by molar-refractivity contribution is 6.30. The SMILES string of the molecule is Cn1c(-c2ccc(Cl)cc2)nnc1N1CCN(c2ccc(F)cn2)CC1. The van der Waals surface area contributed by atoms with Gasteiger partial charge < -0.3 is 9.80 Å². The van der Waals surface area contributed by atoms with Crippen molar-refractivity contribution in [3.8, 4) is 11.4 Å². The lowest BCUT2D eigenvalue weighted by Crippen LogP contribution is -2.47. The van der Waals surface area contributed by atoms with Crippen LogP contribution < -0.4 is 9.80 Å². The van der Waals surface area contributed by atoms with E-state index < -0.39 is 0 Å². The van der Waals surface area contributed by atoms with Crippen LogP contribution in [0.4, 0.5) is 16.2 Å². The van der Waals surface area contributed by atoms with Gasteiger partial charge in [0.1, 0.15) is 11.6 Å². The Bertz CT molecular complexity index is 885. The summed E-state index contributed by atoms with van der Waals surface area (Å²) in [7, 11) is 1.97. The Labute approximate surface area is 155 Å². The first-order valence-electron chi connectivity index (χ1n) is 8.38. The summed E-state index contributed by atoms with van der Waals surface area (Å²) in [5, 5.41) is 9.40. The van der Waals surface area contributed by atoms with E-state index in [4.69, 9.17) is 11.6 Å². The van der Waals surface area contributed by atoms with Crippen molar-refractivity contribution < 1.29 is 4.39 Å². The molecule has 1 aliphatic heterocycles. The number of halogens is 2. The standard InChI is InChI=1S/C18H18ClFN6/c1-24-17(13-2-4-14(19)5-3-13)22-23-18(24)26-10-8-25(9-11-26)16-7-6-15(20)12-21-16/h2-7,12H,8-11H2,1H3. The number of benzene rings is 1. The lowest BCUT2D eigenvalue weighted by molar-refractivity contribution is 0.609. The van der Waals surface area contributed by atoms with Crippen LogP contribution in [0.25, 0.3) is 11.4 Å². The van der Waals surface area contributed by atoms with E-state index in [0.29, 0.717) is 5.02 Å². The van der Waals surface area contributed by atoms with Crippen LogP contribution in [-0.2, 0) is 7.05 Å². The predicted octanol–water partition coefficient (Wildman–Crippen LogP) is 3.00. The summed E-state index contributed by atoms with van der Waals surface area (Å²) in [5.74, 6) is 2.12. The number of nitrogens with zero attached hydrogens (tertiary/aromatic N) is 6. The minimum Gasteiger partial charge on any atom is -0.353 e. The van der Waals surface area contributed by atoms with Crippen LogP contribution in [0.3, 0.4) is 0 Å². The molecule has 0 atom stereocenters. The number of hydrogen-bond acceptors (Lipinski definition) is 5. The summed E-state index contributed by atoms with van der Waals surface area (Å²) in [4.78, 5) is 8.50. The fraction of sp³-hybridized carbons (Fsp3) is 0.278. The molecule has 0 spiro atoms. The summed E-state index contributed by atoms with van der Waals surface area (Å²) in [5.41, 5.74) is 0.977. The minimum absolute atomic E-state index is 0.318. The van der Waals surface area contributed by atoms with Crippen LogP contribution in [0.2, 0.25) is 5.02 Å². The number of rotatable bonds is 3. The summed E-state index contributed by atoms with van der Waals surface area (Å²) in [6, 6.07) is 10.7. The molecule has 3 aromatic rings. The molecule has 0 N–H and O–H groups in total.